The van der Waals surface area contributed by atoms with Crippen LogP contribution >= 0.6 is 11.6 Å². The van der Waals surface area contributed by atoms with E-state index in [1.54, 1.807) is 32.1 Å². The van der Waals surface area contributed by atoms with Gasteiger partial charge in [-0.2, -0.15) is 13.2 Å². The van der Waals surface area contributed by atoms with Crippen molar-refractivity contribution >= 4 is 38.9 Å². The van der Waals surface area contributed by atoms with Gasteiger partial charge in [-0.1, -0.05) is 17.7 Å². The molecule has 3 aromatic rings. The Kier molecular flexibility index (Phi) is 7.71. The Morgan fingerprint density at radius 2 is 1.80 bits per heavy atom. The largest absolute Gasteiger partial charge is 0.437 e. The van der Waals surface area contributed by atoms with E-state index in [0.29, 0.717) is 17.3 Å². The predicted molar refractivity (Wildman–Crippen MR) is 126 cm³/mol. The molecule has 0 unspecified atom stereocenters. The lowest BCUT2D eigenvalue weighted by Crippen LogP contribution is -2.16. The minimum Gasteiger partial charge on any atom is -0.437 e. The first-order valence-corrected chi connectivity index (χ1v) is 11.8. The highest BCUT2D eigenvalue weighted by molar-refractivity contribution is 7.92. The van der Waals surface area contributed by atoms with Crippen LogP contribution in [-0.2, 0) is 21.0 Å². The average molecular weight is 526 g/mol. The van der Waals surface area contributed by atoms with Crippen LogP contribution in [0.15, 0.2) is 71.8 Å². The molecule has 12 heteroatoms. The van der Waals surface area contributed by atoms with E-state index in [-0.39, 0.29) is 23.2 Å². The number of aromatic nitrogens is 1. The minimum atomic E-state index is -4.83. The average Bonchev–Trinajstić information content (AvgIpc) is 2.76. The van der Waals surface area contributed by atoms with Crippen LogP contribution in [0.1, 0.15) is 18.1 Å². The Balaban J connectivity index is 1.87. The summed E-state index contributed by atoms with van der Waals surface area (Å²) in [7, 11) is -4.45. The van der Waals surface area contributed by atoms with E-state index in [4.69, 9.17) is 16.3 Å². The molecule has 0 aliphatic carbocycles. The van der Waals surface area contributed by atoms with Gasteiger partial charge in [0.1, 0.15) is 11.4 Å². The number of pyridine rings is 1. The number of sulfonamides is 1. The second kappa shape index (κ2) is 10.4. The quantitative estimate of drug-likeness (QED) is 0.359. The van der Waals surface area contributed by atoms with Crippen molar-refractivity contribution in [2.24, 2.45) is 0 Å². The summed E-state index contributed by atoms with van der Waals surface area (Å²) in [5.41, 5.74) is -0.285. The topological polar surface area (TPSA) is 97.4 Å². The van der Waals surface area contributed by atoms with Crippen LogP contribution in [0.5, 0.6) is 11.6 Å². The van der Waals surface area contributed by atoms with Crippen molar-refractivity contribution < 1.29 is 31.1 Å². The number of anilines is 2. The molecule has 0 fully saturated rings. The van der Waals surface area contributed by atoms with Gasteiger partial charge in [-0.15, -0.1) is 0 Å². The van der Waals surface area contributed by atoms with Gasteiger partial charge in [0.15, 0.2) is 0 Å². The second-order valence-electron chi connectivity index (χ2n) is 7.23. The molecule has 0 radical (unpaired) electrons. The SMILES string of the molecule is C/C=C/C(=O)Nc1ccc(Oc2ncc(C)cc2NS(=O)(=O)c2ccc(Cl)c(C(F)(F)F)c2)cc1. The number of amides is 1. The van der Waals surface area contributed by atoms with Gasteiger partial charge in [-0.05, 0) is 74.0 Å². The van der Waals surface area contributed by atoms with Crippen molar-refractivity contribution in [3.8, 4) is 11.6 Å². The van der Waals surface area contributed by atoms with E-state index in [1.807, 2.05) is 0 Å². The molecule has 7 nitrogen and oxygen atoms in total. The van der Waals surface area contributed by atoms with E-state index in [2.05, 4.69) is 15.0 Å². The molecule has 1 heterocycles. The number of carbonyl (C=O) groups is 1. The van der Waals surface area contributed by atoms with Crippen molar-refractivity contribution in [1.82, 2.24) is 4.98 Å². The predicted octanol–water partition coefficient (Wildman–Crippen LogP) is 6.17. The Labute approximate surface area is 204 Å². The van der Waals surface area contributed by atoms with Crippen molar-refractivity contribution in [1.29, 1.82) is 0 Å². The summed E-state index contributed by atoms with van der Waals surface area (Å²) in [6.07, 6.45) is -0.452. The van der Waals surface area contributed by atoms with Crippen LogP contribution < -0.4 is 14.8 Å². The molecule has 0 saturated heterocycles. The second-order valence-corrected chi connectivity index (χ2v) is 9.32. The number of hydrogen-bond acceptors (Lipinski definition) is 5. The standard InChI is InChI=1S/C23H19ClF3N3O4S/c1-3-4-21(31)29-15-5-7-16(8-6-15)34-22-20(11-14(2)13-28-22)30-35(32,33)17-9-10-19(24)18(12-17)23(25,26)27/h3-13,30H,1-2H3,(H,29,31)/b4-3+. The highest BCUT2D eigenvalue weighted by atomic mass is 35.5. The van der Waals surface area contributed by atoms with Crippen LogP contribution in [0.3, 0.4) is 0 Å². The number of ether oxygens (including phenoxy) is 1. The molecule has 0 atom stereocenters. The van der Waals surface area contributed by atoms with Gasteiger partial charge in [0.2, 0.25) is 11.8 Å². The summed E-state index contributed by atoms with van der Waals surface area (Å²) >= 11 is 5.59. The molecule has 0 saturated carbocycles. The molecular formula is C23H19ClF3N3O4S. The molecule has 3 rings (SSSR count). The van der Waals surface area contributed by atoms with Gasteiger partial charge in [0.25, 0.3) is 10.0 Å². The molecule has 0 spiro atoms. The lowest BCUT2D eigenvalue weighted by molar-refractivity contribution is -0.137. The van der Waals surface area contributed by atoms with Crippen molar-refractivity contribution in [2.75, 3.05) is 10.0 Å². The fourth-order valence-electron chi connectivity index (χ4n) is 2.86. The van der Waals surface area contributed by atoms with Crippen LogP contribution in [0.4, 0.5) is 24.5 Å². The maximum Gasteiger partial charge on any atom is 0.417 e. The van der Waals surface area contributed by atoms with Gasteiger partial charge >= 0.3 is 6.18 Å². The summed E-state index contributed by atoms with van der Waals surface area (Å²) in [5, 5.41) is 2.02. The molecule has 184 valence electrons. The fraction of sp³-hybridized carbons (Fsp3) is 0.130. The van der Waals surface area contributed by atoms with Gasteiger partial charge in [-0.25, -0.2) is 13.4 Å². The van der Waals surface area contributed by atoms with Crippen molar-refractivity contribution in [3.05, 3.63) is 83.0 Å². The fourth-order valence-corrected chi connectivity index (χ4v) is 4.16. The third-order valence-electron chi connectivity index (χ3n) is 4.44. The Bertz CT molecular complexity index is 1380. The third kappa shape index (κ3) is 6.74. The summed E-state index contributed by atoms with van der Waals surface area (Å²) in [6, 6.07) is 9.90. The van der Waals surface area contributed by atoms with Crippen molar-refractivity contribution in [2.45, 2.75) is 24.9 Å². The number of carbonyl (C=O) groups excluding carboxylic acids is 1. The van der Waals surface area contributed by atoms with Gasteiger partial charge in [0.05, 0.1) is 15.5 Å². The summed E-state index contributed by atoms with van der Waals surface area (Å²) < 4.78 is 73.2. The summed E-state index contributed by atoms with van der Waals surface area (Å²) in [4.78, 5) is 15.1. The molecule has 2 N–H and O–H groups in total. The summed E-state index contributed by atoms with van der Waals surface area (Å²) in [6.45, 7) is 3.36. The van der Waals surface area contributed by atoms with Crippen LogP contribution in [-0.4, -0.2) is 19.3 Å². The lowest BCUT2D eigenvalue weighted by Gasteiger charge is -2.15. The monoisotopic (exact) mass is 525 g/mol. The zero-order chi connectivity index (χ0) is 25.8. The number of aryl methyl sites for hydroxylation is 1. The molecule has 1 aromatic heterocycles. The number of allylic oxidation sites excluding steroid dienone is 1. The zero-order valence-electron chi connectivity index (χ0n) is 18.4. The van der Waals surface area contributed by atoms with Crippen LogP contribution in [0.25, 0.3) is 0 Å². The van der Waals surface area contributed by atoms with E-state index < -0.39 is 31.7 Å². The van der Waals surface area contributed by atoms with Gasteiger partial charge in [-0.3, -0.25) is 9.52 Å². The van der Waals surface area contributed by atoms with E-state index in [1.165, 1.54) is 30.5 Å². The van der Waals surface area contributed by atoms with Crippen molar-refractivity contribution in [3.63, 3.8) is 0 Å². The lowest BCUT2D eigenvalue weighted by atomic mass is 10.2. The highest BCUT2D eigenvalue weighted by Crippen LogP contribution is 2.37. The van der Waals surface area contributed by atoms with Gasteiger partial charge < -0.3 is 10.1 Å². The molecule has 0 aliphatic rings. The molecule has 35 heavy (non-hydrogen) atoms. The smallest absolute Gasteiger partial charge is 0.417 e. The van der Waals surface area contributed by atoms with E-state index >= 15 is 0 Å². The Morgan fingerprint density at radius 1 is 1.11 bits per heavy atom. The Morgan fingerprint density at radius 3 is 2.43 bits per heavy atom. The number of hydrogen-bond donors (Lipinski definition) is 2. The maximum absolute atomic E-state index is 13.2. The summed E-state index contributed by atoms with van der Waals surface area (Å²) in [5.74, 6) is -0.166. The minimum absolute atomic E-state index is 0.0843. The molecular weight excluding hydrogens is 507 g/mol. The van der Waals surface area contributed by atoms with E-state index in [9.17, 15) is 26.4 Å². The Hall–Kier alpha value is -3.57. The van der Waals surface area contributed by atoms with Gasteiger partial charge in [0, 0.05) is 11.9 Å². The first-order chi connectivity index (χ1) is 16.4. The number of halogens is 4. The zero-order valence-corrected chi connectivity index (χ0v) is 19.9. The number of alkyl halides is 3. The maximum atomic E-state index is 13.2. The first-order valence-electron chi connectivity index (χ1n) is 9.97. The molecule has 0 aliphatic heterocycles. The normalized spacial score (nSPS) is 11.9. The number of nitrogens with zero attached hydrogens (tertiary/aromatic N) is 1. The molecule has 2 aromatic carbocycles. The van der Waals surface area contributed by atoms with Crippen LogP contribution in [0.2, 0.25) is 5.02 Å². The third-order valence-corrected chi connectivity index (χ3v) is 6.13. The van der Waals surface area contributed by atoms with Crippen LogP contribution in [0, 0.1) is 6.92 Å². The highest BCUT2D eigenvalue weighted by Gasteiger charge is 2.34. The van der Waals surface area contributed by atoms with E-state index in [0.717, 1.165) is 12.1 Å². The molecule has 0 bridgehead atoms. The number of rotatable bonds is 7. The molecule has 1 amide bonds. The number of benzene rings is 2. The number of nitrogens with one attached hydrogen (secondary N) is 2. The first kappa shape index (κ1) is 26.0.